The SMILES string of the molecule is CCCCCCCCCCCCCCCCCC(C=O)C(=O)O. The number of aldehydes is 1. The number of rotatable bonds is 18. The molecule has 1 N–H and O–H groups in total. The first kappa shape index (κ1) is 22.1. The van der Waals surface area contributed by atoms with Gasteiger partial charge in [0, 0.05) is 0 Å². The Morgan fingerprint density at radius 3 is 1.39 bits per heavy atom. The Labute approximate surface area is 143 Å². The quantitative estimate of drug-likeness (QED) is 0.187. The number of carbonyl (C=O) groups excluding carboxylic acids is 1. The van der Waals surface area contributed by atoms with Crippen LogP contribution in [0, 0.1) is 5.92 Å². The second-order valence-electron chi connectivity index (χ2n) is 6.82. The minimum absolute atomic E-state index is 0.497. The van der Waals surface area contributed by atoms with E-state index >= 15 is 0 Å². The average Bonchev–Trinajstić information content (AvgIpc) is 2.54. The summed E-state index contributed by atoms with van der Waals surface area (Å²) in [6, 6.07) is 0. The number of carboxylic acids is 1. The van der Waals surface area contributed by atoms with Gasteiger partial charge >= 0.3 is 5.97 Å². The van der Waals surface area contributed by atoms with Gasteiger partial charge in [-0.1, -0.05) is 103 Å². The summed E-state index contributed by atoms with van der Waals surface area (Å²) in [7, 11) is 0. The zero-order chi connectivity index (χ0) is 17.2. The molecule has 0 rings (SSSR count). The van der Waals surface area contributed by atoms with Crippen LogP contribution in [0.15, 0.2) is 0 Å². The van der Waals surface area contributed by atoms with E-state index in [1.807, 2.05) is 0 Å². The van der Waals surface area contributed by atoms with E-state index in [0.717, 1.165) is 12.8 Å². The Hall–Kier alpha value is -0.860. The molecule has 1 unspecified atom stereocenters. The largest absolute Gasteiger partial charge is 0.481 e. The molecule has 0 saturated heterocycles. The van der Waals surface area contributed by atoms with Crippen LogP contribution in [0.25, 0.3) is 0 Å². The molecule has 0 aromatic heterocycles. The van der Waals surface area contributed by atoms with Crippen LogP contribution in [-0.4, -0.2) is 17.4 Å². The van der Waals surface area contributed by atoms with Gasteiger partial charge in [0.25, 0.3) is 0 Å². The van der Waals surface area contributed by atoms with E-state index < -0.39 is 11.9 Å². The molecule has 0 radical (unpaired) electrons. The predicted molar refractivity (Wildman–Crippen MR) is 96.7 cm³/mol. The first-order valence-electron chi connectivity index (χ1n) is 9.90. The van der Waals surface area contributed by atoms with Gasteiger partial charge in [0.1, 0.15) is 12.2 Å². The number of carbonyl (C=O) groups is 2. The van der Waals surface area contributed by atoms with Crippen molar-refractivity contribution in [2.24, 2.45) is 5.92 Å². The molecule has 0 spiro atoms. The van der Waals surface area contributed by atoms with Crippen LogP contribution in [0.3, 0.4) is 0 Å². The molecular formula is C20H38O3. The van der Waals surface area contributed by atoms with Crippen molar-refractivity contribution in [2.45, 2.75) is 110 Å². The summed E-state index contributed by atoms with van der Waals surface area (Å²) in [5.74, 6) is -1.78. The molecule has 0 bridgehead atoms. The number of aliphatic carboxylic acids is 1. The highest BCUT2D eigenvalue weighted by molar-refractivity contribution is 5.86. The lowest BCUT2D eigenvalue weighted by molar-refractivity contribution is -0.143. The van der Waals surface area contributed by atoms with Gasteiger partial charge in [-0.25, -0.2) is 0 Å². The van der Waals surface area contributed by atoms with Crippen molar-refractivity contribution in [1.29, 1.82) is 0 Å². The van der Waals surface area contributed by atoms with Crippen LogP contribution in [0.2, 0.25) is 0 Å². The third kappa shape index (κ3) is 15.8. The molecule has 0 fully saturated rings. The molecule has 3 heteroatoms. The summed E-state index contributed by atoms with van der Waals surface area (Å²) in [4.78, 5) is 21.2. The van der Waals surface area contributed by atoms with Gasteiger partial charge < -0.3 is 9.90 Å². The molecule has 0 aliphatic heterocycles. The highest BCUT2D eigenvalue weighted by Gasteiger charge is 2.14. The molecule has 0 aromatic carbocycles. The standard InChI is InChI=1S/C20H38O3/c1-2-3-4-5-6-7-8-9-10-11-12-13-14-15-16-17-19(18-21)20(22)23/h18-19H,2-17H2,1H3,(H,22,23). The van der Waals surface area contributed by atoms with Gasteiger partial charge in [-0.15, -0.1) is 0 Å². The van der Waals surface area contributed by atoms with E-state index in [9.17, 15) is 9.59 Å². The van der Waals surface area contributed by atoms with Gasteiger partial charge in [-0.2, -0.15) is 0 Å². The molecule has 0 heterocycles. The Morgan fingerprint density at radius 1 is 0.739 bits per heavy atom. The van der Waals surface area contributed by atoms with Crippen molar-refractivity contribution < 1.29 is 14.7 Å². The highest BCUT2D eigenvalue weighted by atomic mass is 16.4. The first-order chi connectivity index (χ1) is 11.2. The molecular weight excluding hydrogens is 288 g/mol. The second-order valence-corrected chi connectivity index (χ2v) is 6.82. The Balaban J connectivity index is 3.13. The van der Waals surface area contributed by atoms with E-state index in [4.69, 9.17) is 5.11 Å². The molecule has 3 nitrogen and oxygen atoms in total. The molecule has 0 amide bonds. The Kier molecular flexibility index (Phi) is 16.8. The minimum Gasteiger partial charge on any atom is -0.481 e. The maximum atomic E-state index is 10.7. The monoisotopic (exact) mass is 326 g/mol. The number of hydrogen-bond acceptors (Lipinski definition) is 2. The van der Waals surface area contributed by atoms with E-state index in [0.29, 0.717) is 12.7 Å². The summed E-state index contributed by atoms with van der Waals surface area (Å²) in [6.45, 7) is 2.26. The summed E-state index contributed by atoms with van der Waals surface area (Å²) in [5, 5.41) is 8.76. The van der Waals surface area contributed by atoms with Crippen LogP contribution in [0.1, 0.15) is 110 Å². The molecule has 0 aliphatic carbocycles. The van der Waals surface area contributed by atoms with Crippen molar-refractivity contribution in [2.75, 3.05) is 0 Å². The van der Waals surface area contributed by atoms with Crippen molar-refractivity contribution in [3.8, 4) is 0 Å². The smallest absolute Gasteiger partial charge is 0.313 e. The van der Waals surface area contributed by atoms with Gasteiger partial charge in [-0.05, 0) is 6.42 Å². The fourth-order valence-electron chi connectivity index (χ4n) is 2.99. The summed E-state index contributed by atoms with van der Waals surface area (Å²) >= 11 is 0. The van der Waals surface area contributed by atoms with Crippen LogP contribution in [0.5, 0.6) is 0 Å². The van der Waals surface area contributed by atoms with Crippen molar-refractivity contribution in [1.82, 2.24) is 0 Å². The van der Waals surface area contributed by atoms with Gasteiger partial charge in [-0.3, -0.25) is 4.79 Å². The lowest BCUT2D eigenvalue weighted by Crippen LogP contribution is -2.14. The van der Waals surface area contributed by atoms with Gasteiger partial charge in [0.15, 0.2) is 0 Å². The van der Waals surface area contributed by atoms with Crippen molar-refractivity contribution >= 4 is 12.3 Å². The highest BCUT2D eigenvalue weighted by Crippen LogP contribution is 2.14. The number of hydrogen-bond donors (Lipinski definition) is 1. The fraction of sp³-hybridized carbons (Fsp3) is 0.900. The molecule has 136 valence electrons. The van der Waals surface area contributed by atoms with E-state index in [1.54, 1.807) is 0 Å². The lowest BCUT2D eigenvalue weighted by atomic mass is 10.0. The normalized spacial score (nSPS) is 12.2. The Morgan fingerprint density at radius 2 is 1.09 bits per heavy atom. The van der Waals surface area contributed by atoms with Crippen molar-refractivity contribution in [3.63, 3.8) is 0 Å². The number of carboxylic acid groups (broad SMARTS) is 1. The molecule has 0 aliphatic rings. The van der Waals surface area contributed by atoms with E-state index in [-0.39, 0.29) is 0 Å². The van der Waals surface area contributed by atoms with E-state index in [2.05, 4.69) is 6.92 Å². The lowest BCUT2D eigenvalue weighted by Gasteiger charge is -2.05. The molecule has 1 atom stereocenters. The van der Waals surface area contributed by atoms with Gasteiger partial charge in [0.05, 0.1) is 0 Å². The molecule has 0 aromatic rings. The predicted octanol–water partition coefficient (Wildman–Crippen LogP) is 6.15. The third-order valence-corrected chi connectivity index (χ3v) is 4.60. The first-order valence-corrected chi connectivity index (χ1v) is 9.90. The Bertz CT molecular complexity index is 276. The maximum Gasteiger partial charge on any atom is 0.313 e. The third-order valence-electron chi connectivity index (χ3n) is 4.60. The number of unbranched alkanes of at least 4 members (excludes halogenated alkanes) is 14. The van der Waals surface area contributed by atoms with Crippen LogP contribution in [-0.2, 0) is 9.59 Å². The minimum atomic E-state index is -0.981. The second kappa shape index (κ2) is 17.5. The topological polar surface area (TPSA) is 54.4 Å². The van der Waals surface area contributed by atoms with Crippen LogP contribution >= 0.6 is 0 Å². The summed E-state index contributed by atoms with van der Waals surface area (Å²) in [6.07, 6.45) is 20.5. The molecule has 23 heavy (non-hydrogen) atoms. The summed E-state index contributed by atoms with van der Waals surface area (Å²) < 4.78 is 0. The van der Waals surface area contributed by atoms with Gasteiger partial charge in [0.2, 0.25) is 0 Å². The average molecular weight is 327 g/mol. The van der Waals surface area contributed by atoms with Crippen LogP contribution < -0.4 is 0 Å². The van der Waals surface area contributed by atoms with E-state index in [1.165, 1.54) is 83.5 Å². The van der Waals surface area contributed by atoms with Crippen LogP contribution in [0.4, 0.5) is 0 Å². The zero-order valence-corrected chi connectivity index (χ0v) is 15.2. The van der Waals surface area contributed by atoms with Crippen molar-refractivity contribution in [3.05, 3.63) is 0 Å². The maximum absolute atomic E-state index is 10.7. The molecule has 0 saturated carbocycles. The zero-order valence-electron chi connectivity index (χ0n) is 15.2. The summed E-state index contributed by atoms with van der Waals surface area (Å²) in [5.41, 5.74) is 0. The fourth-order valence-corrected chi connectivity index (χ4v) is 2.99.